The molecule has 0 aromatic heterocycles. The molecule has 0 unspecified atom stereocenters. The van der Waals surface area contributed by atoms with E-state index >= 15 is 0 Å². The number of aliphatic hydroxyl groups excluding tert-OH is 1. The molecule has 4 bridgehead atoms. The van der Waals surface area contributed by atoms with Gasteiger partial charge in [-0.1, -0.05) is 13.8 Å². The monoisotopic (exact) mass is 560 g/mol. The van der Waals surface area contributed by atoms with Gasteiger partial charge in [0.25, 0.3) is 0 Å². The lowest BCUT2D eigenvalue weighted by Gasteiger charge is -2.46. The summed E-state index contributed by atoms with van der Waals surface area (Å²) < 4.78 is 30.4. The lowest BCUT2D eigenvalue weighted by molar-refractivity contribution is -0.361. The number of esters is 2. The zero-order valence-electron chi connectivity index (χ0n) is 23.1. The van der Waals surface area contributed by atoms with Crippen molar-refractivity contribution < 1.29 is 53.4 Å². The molecule has 40 heavy (non-hydrogen) atoms. The van der Waals surface area contributed by atoms with Crippen molar-refractivity contribution in [2.45, 2.75) is 107 Å². The molecule has 0 aromatic rings. The average molecular weight is 561 g/mol. The molecule has 3 N–H and O–H groups in total. The van der Waals surface area contributed by atoms with Gasteiger partial charge in [0.15, 0.2) is 0 Å². The zero-order valence-corrected chi connectivity index (χ0v) is 23.1. The molecular formula is C29H36O11. The van der Waals surface area contributed by atoms with E-state index in [0.29, 0.717) is 30.6 Å². The molecule has 5 saturated heterocycles. The van der Waals surface area contributed by atoms with Gasteiger partial charge >= 0.3 is 11.9 Å². The average Bonchev–Trinajstić information content (AvgIpc) is 3.53. The van der Waals surface area contributed by atoms with Gasteiger partial charge in [-0.3, -0.25) is 9.59 Å². The minimum Gasteiger partial charge on any atom is -0.456 e. The van der Waals surface area contributed by atoms with Crippen LogP contribution in [0.25, 0.3) is 0 Å². The normalized spacial score (nSPS) is 53.9. The standard InChI is InChI=1S/C29H36O11/c1-14(7-16-8-15(2)23(33)36-16)22(32)24(3)5-6-26-12-27-19(10-20(31)39-27)38-25(4,13-30)21(27)17-9-18(26)29(35,37-17)28(34,11-24)40-26/h7-8,14,17-19,21,30,34-35H,5-6,9-13H2,1-4H3/b16-7+/t14-,17-,18+,19+,21-,24+,25-,26-,27-,28-,29+/m0/s1. The number of fused-ring (bicyclic) bond motifs is 4. The highest BCUT2D eigenvalue weighted by Crippen LogP contribution is 2.71. The van der Waals surface area contributed by atoms with Crippen LogP contribution in [0.4, 0.5) is 0 Å². The lowest BCUT2D eigenvalue weighted by Crippen LogP contribution is -2.60. The quantitative estimate of drug-likeness (QED) is 0.424. The molecule has 0 radical (unpaired) electrons. The molecule has 6 aliphatic heterocycles. The molecule has 1 aliphatic carbocycles. The Morgan fingerprint density at radius 3 is 2.60 bits per heavy atom. The van der Waals surface area contributed by atoms with Crippen LogP contribution in [-0.4, -0.2) is 80.2 Å². The third-order valence-electron chi connectivity index (χ3n) is 10.9. The van der Waals surface area contributed by atoms with Crippen LogP contribution in [0.2, 0.25) is 0 Å². The van der Waals surface area contributed by atoms with Crippen molar-refractivity contribution in [1.29, 1.82) is 0 Å². The van der Waals surface area contributed by atoms with Gasteiger partial charge in [-0.25, -0.2) is 4.79 Å². The molecular weight excluding hydrogens is 524 g/mol. The van der Waals surface area contributed by atoms with Crippen molar-refractivity contribution >= 4 is 17.7 Å². The van der Waals surface area contributed by atoms with Crippen LogP contribution in [0.5, 0.6) is 0 Å². The Morgan fingerprint density at radius 2 is 1.93 bits per heavy atom. The highest BCUT2D eigenvalue weighted by molar-refractivity contribution is 5.93. The maximum absolute atomic E-state index is 13.9. The number of Topliss-reactive ketones (excluding diaryl/α,β-unsaturated/α-hetero) is 1. The second kappa shape index (κ2) is 7.81. The molecule has 6 fully saturated rings. The molecule has 2 spiro atoms. The second-order valence-corrected chi connectivity index (χ2v) is 13.6. The molecule has 6 heterocycles. The number of aliphatic hydroxyl groups is 3. The Labute approximate surface area is 231 Å². The van der Waals surface area contributed by atoms with Crippen LogP contribution < -0.4 is 0 Å². The van der Waals surface area contributed by atoms with Crippen LogP contribution in [0.15, 0.2) is 23.5 Å². The van der Waals surface area contributed by atoms with Crippen LogP contribution in [0, 0.1) is 23.2 Å². The summed E-state index contributed by atoms with van der Waals surface area (Å²) in [5, 5.41) is 34.6. The molecule has 218 valence electrons. The minimum atomic E-state index is -2.21. The van der Waals surface area contributed by atoms with E-state index in [1.807, 2.05) is 0 Å². The number of rotatable bonds is 4. The maximum atomic E-state index is 13.9. The van der Waals surface area contributed by atoms with Crippen molar-refractivity contribution in [2.75, 3.05) is 6.61 Å². The summed E-state index contributed by atoms with van der Waals surface area (Å²) in [5.74, 6) is -6.96. The van der Waals surface area contributed by atoms with E-state index in [0.717, 1.165) is 0 Å². The number of cyclic esters (lactones) is 1. The van der Waals surface area contributed by atoms with E-state index in [9.17, 15) is 29.7 Å². The first kappa shape index (κ1) is 26.7. The molecule has 7 rings (SSSR count). The first-order chi connectivity index (χ1) is 18.6. The molecule has 0 aromatic carbocycles. The van der Waals surface area contributed by atoms with Crippen molar-refractivity contribution in [3.05, 3.63) is 23.5 Å². The first-order valence-corrected chi connectivity index (χ1v) is 14.1. The Morgan fingerprint density at radius 1 is 1.18 bits per heavy atom. The number of allylic oxidation sites excluding steroid dienone is 2. The molecule has 0 amide bonds. The minimum absolute atomic E-state index is 0.0228. The van der Waals surface area contributed by atoms with E-state index in [4.69, 9.17) is 23.7 Å². The van der Waals surface area contributed by atoms with Gasteiger partial charge in [-0.2, -0.15) is 0 Å². The highest BCUT2D eigenvalue weighted by atomic mass is 16.8. The predicted octanol–water partition coefficient (Wildman–Crippen LogP) is 1.18. The lowest BCUT2D eigenvalue weighted by atomic mass is 9.63. The molecule has 1 saturated carbocycles. The summed E-state index contributed by atoms with van der Waals surface area (Å²) in [6.45, 7) is 6.52. The Hall–Kier alpha value is -2.15. The zero-order chi connectivity index (χ0) is 28.7. The summed E-state index contributed by atoms with van der Waals surface area (Å²) in [6, 6.07) is 0. The number of carbonyl (C=O) groups excluding carboxylic acids is 3. The van der Waals surface area contributed by atoms with Gasteiger partial charge in [-0.15, -0.1) is 0 Å². The fraction of sp³-hybridized carbons (Fsp3) is 0.759. The topological polar surface area (TPSA) is 158 Å². The number of ether oxygens (including phenoxy) is 5. The van der Waals surface area contributed by atoms with Gasteiger partial charge in [0, 0.05) is 29.7 Å². The summed E-state index contributed by atoms with van der Waals surface area (Å²) in [5.41, 5.74) is -4.09. The van der Waals surface area contributed by atoms with Crippen LogP contribution in [0.3, 0.4) is 0 Å². The smallest absolute Gasteiger partial charge is 0.339 e. The first-order valence-electron chi connectivity index (χ1n) is 14.1. The number of ketones is 1. The van der Waals surface area contributed by atoms with Gasteiger partial charge in [-0.05, 0) is 45.3 Å². The summed E-state index contributed by atoms with van der Waals surface area (Å²) in [7, 11) is 0. The van der Waals surface area contributed by atoms with Crippen molar-refractivity contribution in [3.63, 3.8) is 0 Å². The van der Waals surface area contributed by atoms with Gasteiger partial charge < -0.3 is 39.0 Å². The van der Waals surface area contributed by atoms with Gasteiger partial charge in [0.2, 0.25) is 11.6 Å². The largest absolute Gasteiger partial charge is 0.456 e. The van der Waals surface area contributed by atoms with Gasteiger partial charge in [0.1, 0.15) is 23.2 Å². The second-order valence-electron chi connectivity index (χ2n) is 13.6. The number of carbonyl (C=O) groups is 3. The van der Waals surface area contributed by atoms with Crippen molar-refractivity contribution in [2.24, 2.45) is 23.2 Å². The Kier molecular flexibility index (Phi) is 5.22. The highest BCUT2D eigenvalue weighted by Gasteiger charge is 2.84. The predicted molar refractivity (Wildman–Crippen MR) is 133 cm³/mol. The Balaban J connectivity index is 1.27. The van der Waals surface area contributed by atoms with Gasteiger partial charge in [0.05, 0.1) is 42.2 Å². The van der Waals surface area contributed by atoms with Crippen LogP contribution in [-0.2, 0) is 38.1 Å². The summed E-state index contributed by atoms with van der Waals surface area (Å²) >= 11 is 0. The third kappa shape index (κ3) is 3.13. The SMILES string of the molecule is CC1=C/C(=C\[C@H](C)C(=O)[C@]2(C)CC[C@]34C[C@]56OC(=O)C[C@H]5O[C@@](C)(CO)[C@@H]6[C@@H]5C[C@H]3[C@@](O)(O5)[C@](O)(C2)O4)OC1=O. The fourth-order valence-corrected chi connectivity index (χ4v) is 9.30. The molecule has 11 heteroatoms. The van der Waals surface area contributed by atoms with E-state index in [1.165, 1.54) is 0 Å². The summed E-state index contributed by atoms with van der Waals surface area (Å²) in [4.78, 5) is 38.3. The number of hydrogen-bond acceptors (Lipinski definition) is 11. The van der Waals surface area contributed by atoms with Crippen LogP contribution in [0.1, 0.15) is 66.2 Å². The Bertz CT molecular complexity index is 1290. The molecule has 11 nitrogen and oxygen atoms in total. The van der Waals surface area contributed by atoms with Crippen molar-refractivity contribution in [1.82, 2.24) is 0 Å². The van der Waals surface area contributed by atoms with E-state index in [2.05, 4.69) is 0 Å². The fourth-order valence-electron chi connectivity index (χ4n) is 9.30. The van der Waals surface area contributed by atoms with Crippen molar-refractivity contribution in [3.8, 4) is 0 Å². The van der Waals surface area contributed by atoms with E-state index in [-0.39, 0.29) is 31.7 Å². The molecule has 11 atom stereocenters. The summed E-state index contributed by atoms with van der Waals surface area (Å²) in [6.07, 6.45) is 2.76. The van der Waals surface area contributed by atoms with E-state index in [1.54, 1.807) is 39.8 Å². The molecule has 7 aliphatic rings. The third-order valence-corrected chi connectivity index (χ3v) is 10.9. The maximum Gasteiger partial charge on any atom is 0.339 e. The number of hydrogen-bond donors (Lipinski definition) is 3. The van der Waals surface area contributed by atoms with E-state index < -0.39 is 75.7 Å². The van der Waals surface area contributed by atoms with Crippen LogP contribution >= 0.6 is 0 Å².